The first-order chi connectivity index (χ1) is 15.7. The van der Waals surface area contributed by atoms with E-state index in [2.05, 4.69) is 39.6 Å². The van der Waals surface area contributed by atoms with Crippen LogP contribution in [-0.2, 0) is 19.5 Å². The zero-order valence-electron chi connectivity index (χ0n) is 17.8. The Morgan fingerprint density at radius 3 is 2.38 bits per heavy atom. The summed E-state index contributed by atoms with van der Waals surface area (Å²) in [6.45, 7) is 2.35. The zero-order valence-corrected chi connectivity index (χ0v) is 17.8. The van der Waals surface area contributed by atoms with E-state index < -0.39 is 6.10 Å². The van der Waals surface area contributed by atoms with Gasteiger partial charge in [-0.15, -0.1) is 0 Å². The Balaban J connectivity index is 1.38. The number of aliphatic hydroxyl groups is 1. The van der Waals surface area contributed by atoms with E-state index in [9.17, 15) is 9.90 Å². The Bertz CT molecular complexity index is 1290. The molecule has 1 aliphatic rings. The van der Waals surface area contributed by atoms with Crippen molar-refractivity contribution in [3.05, 3.63) is 100 Å². The number of hydrogen-bond donors (Lipinski definition) is 2. The van der Waals surface area contributed by atoms with Gasteiger partial charge in [-0.1, -0.05) is 60.7 Å². The molecule has 0 unspecified atom stereocenters. The number of nitrogens with one attached hydrogen (secondary N) is 1. The maximum Gasteiger partial charge on any atom is 0.274 e. The standard InChI is InChI=1S/C26H26N4O2/c31-22(17-29-15-14-19-8-4-5-9-20(19)16-29)18-30-26(32)24-13-7-6-12-23(24)25(28-30)27-21-10-2-1-3-11-21/h1-13,22,31H,14-18H2,(H,27,28)/t22-/m1/s1. The summed E-state index contributed by atoms with van der Waals surface area (Å²) in [7, 11) is 0. The molecule has 0 saturated heterocycles. The number of nitrogens with zero attached hydrogens (tertiary/aromatic N) is 3. The molecule has 2 N–H and O–H groups in total. The Kier molecular flexibility index (Phi) is 5.71. The molecule has 0 aliphatic carbocycles. The molecule has 2 heterocycles. The number of β-amino-alcohol motifs (C(OH)–C–C–N with tert-alkyl or cyclic N) is 1. The Morgan fingerprint density at radius 1 is 0.875 bits per heavy atom. The lowest BCUT2D eigenvalue weighted by atomic mass is 10.00. The molecule has 6 heteroatoms. The fourth-order valence-corrected chi connectivity index (χ4v) is 4.37. The largest absolute Gasteiger partial charge is 0.390 e. The second-order valence-electron chi connectivity index (χ2n) is 8.28. The number of aromatic nitrogens is 2. The zero-order chi connectivity index (χ0) is 21.9. The van der Waals surface area contributed by atoms with Crippen molar-refractivity contribution in [1.29, 1.82) is 0 Å². The van der Waals surface area contributed by atoms with Crippen LogP contribution in [0.15, 0.2) is 83.7 Å². The maximum atomic E-state index is 13.1. The maximum absolute atomic E-state index is 13.1. The van der Waals surface area contributed by atoms with Gasteiger partial charge in [0.15, 0.2) is 5.82 Å². The van der Waals surface area contributed by atoms with E-state index in [4.69, 9.17) is 0 Å². The second-order valence-corrected chi connectivity index (χ2v) is 8.28. The van der Waals surface area contributed by atoms with Crippen LogP contribution >= 0.6 is 0 Å². The van der Waals surface area contributed by atoms with Gasteiger partial charge < -0.3 is 10.4 Å². The first kappa shape index (κ1) is 20.4. The number of benzene rings is 3. The monoisotopic (exact) mass is 426 g/mol. The highest BCUT2D eigenvalue weighted by Gasteiger charge is 2.20. The van der Waals surface area contributed by atoms with Gasteiger partial charge in [0.1, 0.15) is 0 Å². The van der Waals surface area contributed by atoms with Crippen molar-refractivity contribution in [3.63, 3.8) is 0 Å². The van der Waals surface area contributed by atoms with Gasteiger partial charge in [0.05, 0.1) is 18.0 Å². The highest BCUT2D eigenvalue weighted by molar-refractivity contribution is 5.92. The summed E-state index contributed by atoms with van der Waals surface area (Å²) in [6, 6.07) is 25.6. The number of fused-ring (bicyclic) bond motifs is 2. The van der Waals surface area contributed by atoms with E-state index in [-0.39, 0.29) is 12.1 Å². The molecular formula is C26H26N4O2. The van der Waals surface area contributed by atoms with Gasteiger partial charge in [0.25, 0.3) is 5.56 Å². The van der Waals surface area contributed by atoms with Crippen molar-refractivity contribution < 1.29 is 5.11 Å². The number of aliphatic hydroxyl groups excluding tert-OH is 1. The first-order valence-electron chi connectivity index (χ1n) is 11.0. The van der Waals surface area contributed by atoms with Crippen LogP contribution in [0.5, 0.6) is 0 Å². The predicted molar refractivity (Wildman–Crippen MR) is 127 cm³/mol. The van der Waals surface area contributed by atoms with Crippen molar-refractivity contribution in [3.8, 4) is 0 Å². The molecule has 0 spiro atoms. The molecule has 1 aromatic heterocycles. The Labute approximate surface area is 186 Å². The lowest BCUT2D eigenvalue weighted by Crippen LogP contribution is -2.40. The van der Waals surface area contributed by atoms with Crippen LogP contribution in [0.1, 0.15) is 11.1 Å². The molecule has 0 bridgehead atoms. The third-order valence-electron chi connectivity index (χ3n) is 5.97. The lowest BCUT2D eigenvalue weighted by molar-refractivity contribution is 0.0879. The van der Waals surface area contributed by atoms with Crippen molar-refractivity contribution in [2.75, 3.05) is 18.4 Å². The van der Waals surface area contributed by atoms with Gasteiger partial charge in [0.2, 0.25) is 0 Å². The molecule has 1 atom stereocenters. The van der Waals surface area contributed by atoms with Crippen LogP contribution in [0.2, 0.25) is 0 Å². The molecular weight excluding hydrogens is 400 g/mol. The van der Waals surface area contributed by atoms with Crippen molar-refractivity contribution in [2.45, 2.75) is 25.6 Å². The summed E-state index contributed by atoms with van der Waals surface area (Å²) in [5, 5.41) is 20.1. The quantitative estimate of drug-likeness (QED) is 0.493. The van der Waals surface area contributed by atoms with E-state index in [1.54, 1.807) is 6.07 Å². The van der Waals surface area contributed by atoms with Gasteiger partial charge >= 0.3 is 0 Å². The van der Waals surface area contributed by atoms with Crippen molar-refractivity contribution >= 4 is 22.3 Å². The number of anilines is 2. The third kappa shape index (κ3) is 4.28. The van der Waals surface area contributed by atoms with Gasteiger partial charge in [-0.2, -0.15) is 5.10 Å². The average Bonchev–Trinajstić information content (AvgIpc) is 2.82. The summed E-state index contributed by atoms with van der Waals surface area (Å²) in [5.41, 5.74) is 3.38. The van der Waals surface area contributed by atoms with E-state index in [1.807, 2.05) is 48.5 Å². The summed E-state index contributed by atoms with van der Waals surface area (Å²) in [6.07, 6.45) is 0.276. The van der Waals surface area contributed by atoms with E-state index in [1.165, 1.54) is 15.8 Å². The van der Waals surface area contributed by atoms with Crippen molar-refractivity contribution in [1.82, 2.24) is 14.7 Å². The van der Waals surface area contributed by atoms with Gasteiger partial charge in [-0.25, -0.2) is 4.68 Å². The molecule has 0 fully saturated rings. The molecule has 4 aromatic rings. The van der Waals surface area contributed by atoms with Gasteiger partial charge in [-0.05, 0) is 35.7 Å². The molecule has 6 nitrogen and oxygen atoms in total. The molecule has 162 valence electrons. The molecule has 0 radical (unpaired) electrons. The smallest absolute Gasteiger partial charge is 0.274 e. The Morgan fingerprint density at radius 2 is 1.56 bits per heavy atom. The average molecular weight is 427 g/mol. The third-order valence-corrected chi connectivity index (χ3v) is 5.97. The van der Waals surface area contributed by atoms with Crippen LogP contribution in [-0.4, -0.2) is 39.0 Å². The topological polar surface area (TPSA) is 70.4 Å². The van der Waals surface area contributed by atoms with Crippen LogP contribution in [0.3, 0.4) is 0 Å². The predicted octanol–water partition coefficient (Wildman–Crippen LogP) is 3.56. The van der Waals surface area contributed by atoms with Crippen LogP contribution in [0.4, 0.5) is 11.5 Å². The molecule has 5 rings (SSSR count). The molecule has 32 heavy (non-hydrogen) atoms. The summed E-state index contributed by atoms with van der Waals surface area (Å²) in [4.78, 5) is 15.3. The molecule has 0 saturated carbocycles. The van der Waals surface area contributed by atoms with Gasteiger partial charge in [0, 0.05) is 30.7 Å². The second kappa shape index (κ2) is 8.94. The normalized spacial score (nSPS) is 14.8. The number of rotatable bonds is 6. The summed E-state index contributed by atoms with van der Waals surface area (Å²) in [5.74, 6) is 0.602. The van der Waals surface area contributed by atoms with Gasteiger partial charge in [-0.3, -0.25) is 9.69 Å². The number of para-hydroxylation sites is 1. The minimum atomic E-state index is -0.698. The first-order valence-corrected chi connectivity index (χ1v) is 11.0. The number of hydrogen-bond acceptors (Lipinski definition) is 5. The Hall–Kier alpha value is -3.48. The molecule has 1 aliphatic heterocycles. The molecule has 3 aromatic carbocycles. The summed E-state index contributed by atoms with van der Waals surface area (Å²) < 4.78 is 1.39. The highest BCUT2D eigenvalue weighted by atomic mass is 16.3. The molecule has 0 amide bonds. The van der Waals surface area contributed by atoms with E-state index in [0.29, 0.717) is 17.7 Å². The SMILES string of the molecule is O=c1c2ccccc2c(Nc2ccccc2)nn1C[C@H](O)CN1CCc2ccccc2C1. The van der Waals surface area contributed by atoms with Crippen LogP contribution in [0.25, 0.3) is 10.8 Å². The van der Waals surface area contributed by atoms with E-state index in [0.717, 1.165) is 30.6 Å². The lowest BCUT2D eigenvalue weighted by Gasteiger charge is -2.30. The van der Waals surface area contributed by atoms with E-state index >= 15 is 0 Å². The highest BCUT2D eigenvalue weighted by Crippen LogP contribution is 2.22. The minimum Gasteiger partial charge on any atom is -0.390 e. The van der Waals surface area contributed by atoms with Crippen molar-refractivity contribution in [2.24, 2.45) is 0 Å². The fraction of sp³-hybridized carbons (Fsp3) is 0.231. The fourth-order valence-electron chi connectivity index (χ4n) is 4.37. The summed E-state index contributed by atoms with van der Waals surface area (Å²) >= 11 is 0. The minimum absolute atomic E-state index is 0.144. The van der Waals surface area contributed by atoms with Crippen LogP contribution in [0, 0.1) is 0 Å². The van der Waals surface area contributed by atoms with Crippen LogP contribution < -0.4 is 10.9 Å².